The van der Waals surface area contributed by atoms with Gasteiger partial charge in [-0.3, -0.25) is 0 Å². The first-order valence-electron chi connectivity index (χ1n) is 6.48. The number of hydrogen-bond acceptors (Lipinski definition) is 4. The minimum Gasteiger partial charge on any atom is -0.338 e. The SMILES string of the molecule is Clc1ccc(-c2ccnc(N3CCNCC3)n2)c(Cl)c1. The Hall–Kier alpha value is -1.36. The van der Waals surface area contributed by atoms with Crippen LogP contribution in [0.1, 0.15) is 0 Å². The smallest absolute Gasteiger partial charge is 0.225 e. The van der Waals surface area contributed by atoms with Crippen molar-refractivity contribution in [3.8, 4) is 11.3 Å². The van der Waals surface area contributed by atoms with Gasteiger partial charge in [0.2, 0.25) is 5.95 Å². The summed E-state index contributed by atoms with van der Waals surface area (Å²) < 4.78 is 0. The van der Waals surface area contributed by atoms with Gasteiger partial charge in [-0.15, -0.1) is 0 Å². The number of anilines is 1. The van der Waals surface area contributed by atoms with Crippen molar-refractivity contribution in [3.05, 3.63) is 40.5 Å². The maximum Gasteiger partial charge on any atom is 0.225 e. The highest BCUT2D eigenvalue weighted by atomic mass is 35.5. The molecule has 0 spiro atoms. The van der Waals surface area contributed by atoms with Gasteiger partial charge < -0.3 is 10.2 Å². The Balaban J connectivity index is 1.94. The van der Waals surface area contributed by atoms with Crippen molar-refractivity contribution >= 4 is 29.2 Å². The highest BCUT2D eigenvalue weighted by Gasteiger charge is 2.14. The van der Waals surface area contributed by atoms with E-state index in [4.69, 9.17) is 23.2 Å². The van der Waals surface area contributed by atoms with Gasteiger partial charge in [0.25, 0.3) is 0 Å². The highest BCUT2D eigenvalue weighted by Crippen LogP contribution is 2.29. The number of hydrogen-bond donors (Lipinski definition) is 1. The average molecular weight is 309 g/mol. The molecule has 0 radical (unpaired) electrons. The van der Waals surface area contributed by atoms with Gasteiger partial charge in [-0.1, -0.05) is 23.2 Å². The van der Waals surface area contributed by atoms with Crippen molar-refractivity contribution in [3.63, 3.8) is 0 Å². The molecule has 2 heterocycles. The molecule has 0 atom stereocenters. The van der Waals surface area contributed by atoms with E-state index in [1.54, 1.807) is 12.3 Å². The molecular formula is C14H14Cl2N4. The van der Waals surface area contributed by atoms with Gasteiger partial charge in [-0.05, 0) is 24.3 Å². The van der Waals surface area contributed by atoms with Gasteiger partial charge in [-0.25, -0.2) is 9.97 Å². The van der Waals surface area contributed by atoms with Gasteiger partial charge in [0, 0.05) is 43.0 Å². The van der Waals surface area contributed by atoms with Crippen LogP contribution in [-0.4, -0.2) is 36.1 Å². The van der Waals surface area contributed by atoms with Crippen LogP contribution in [0.4, 0.5) is 5.95 Å². The fourth-order valence-corrected chi connectivity index (χ4v) is 2.72. The number of rotatable bonds is 2. The van der Waals surface area contributed by atoms with Crippen LogP contribution in [-0.2, 0) is 0 Å². The van der Waals surface area contributed by atoms with E-state index in [0.717, 1.165) is 43.4 Å². The van der Waals surface area contributed by atoms with Crippen LogP contribution in [0.2, 0.25) is 10.0 Å². The van der Waals surface area contributed by atoms with Crippen molar-refractivity contribution in [2.45, 2.75) is 0 Å². The molecule has 0 saturated carbocycles. The van der Waals surface area contributed by atoms with E-state index >= 15 is 0 Å². The molecule has 0 aliphatic carbocycles. The first-order valence-corrected chi connectivity index (χ1v) is 7.24. The van der Waals surface area contributed by atoms with E-state index in [1.807, 2.05) is 18.2 Å². The zero-order valence-corrected chi connectivity index (χ0v) is 12.3. The molecule has 6 heteroatoms. The Morgan fingerprint density at radius 1 is 1.10 bits per heavy atom. The van der Waals surface area contributed by atoms with Crippen molar-refractivity contribution < 1.29 is 0 Å². The standard InChI is InChI=1S/C14H14Cl2N4/c15-10-1-2-11(12(16)9-10)13-3-4-18-14(19-13)20-7-5-17-6-8-20/h1-4,9,17H,5-8H2. The minimum atomic E-state index is 0.600. The molecule has 0 amide bonds. The first kappa shape index (κ1) is 13.6. The zero-order chi connectivity index (χ0) is 13.9. The van der Waals surface area contributed by atoms with Crippen LogP contribution in [0, 0.1) is 0 Å². The second-order valence-corrected chi connectivity index (χ2v) is 5.45. The summed E-state index contributed by atoms with van der Waals surface area (Å²) in [7, 11) is 0. The van der Waals surface area contributed by atoms with E-state index in [2.05, 4.69) is 20.2 Å². The third-order valence-corrected chi connectivity index (χ3v) is 3.80. The van der Waals surface area contributed by atoms with E-state index in [-0.39, 0.29) is 0 Å². The van der Waals surface area contributed by atoms with Crippen molar-refractivity contribution in [2.24, 2.45) is 0 Å². The molecule has 0 bridgehead atoms. The maximum atomic E-state index is 6.23. The Bertz CT molecular complexity index is 612. The van der Waals surface area contributed by atoms with Crippen LogP contribution in [0.5, 0.6) is 0 Å². The number of piperazine rings is 1. The summed E-state index contributed by atoms with van der Waals surface area (Å²) in [4.78, 5) is 11.1. The van der Waals surface area contributed by atoms with Gasteiger partial charge in [-0.2, -0.15) is 0 Å². The van der Waals surface area contributed by atoms with Gasteiger partial charge in [0.15, 0.2) is 0 Å². The van der Waals surface area contributed by atoms with Gasteiger partial charge in [0.1, 0.15) is 0 Å². The molecule has 1 aliphatic rings. The van der Waals surface area contributed by atoms with E-state index in [9.17, 15) is 0 Å². The molecule has 104 valence electrons. The normalized spacial score (nSPS) is 15.4. The number of nitrogens with one attached hydrogen (secondary N) is 1. The van der Waals surface area contributed by atoms with Crippen molar-refractivity contribution in [2.75, 3.05) is 31.1 Å². The molecule has 1 N–H and O–H groups in total. The second-order valence-electron chi connectivity index (χ2n) is 4.60. The lowest BCUT2D eigenvalue weighted by Gasteiger charge is -2.27. The van der Waals surface area contributed by atoms with Crippen LogP contribution >= 0.6 is 23.2 Å². The minimum absolute atomic E-state index is 0.600. The van der Waals surface area contributed by atoms with Crippen LogP contribution < -0.4 is 10.2 Å². The fourth-order valence-electron chi connectivity index (χ4n) is 2.21. The molecule has 1 aromatic carbocycles. The molecule has 4 nitrogen and oxygen atoms in total. The molecule has 20 heavy (non-hydrogen) atoms. The first-order chi connectivity index (χ1) is 9.74. The average Bonchev–Trinajstić information content (AvgIpc) is 2.48. The largest absolute Gasteiger partial charge is 0.338 e. The second kappa shape index (κ2) is 5.95. The fraction of sp³-hybridized carbons (Fsp3) is 0.286. The van der Waals surface area contributed by atoms with E-state index < -0.39 is 0 Å². The van der Waals surface area contributed by atoms with Crippen LogP contribution in [0.25, 0.3) is 11.3 Å². The molecule has 1 aliphatic heterocycles. The van der Waals surface area contributed by atoms with Crippen molar-refractivity contribution in [1.29, 1.82) is 0 Å². The summed E-state index contributed by atoms with van der Waals surface area (Å²) in [6.07, 6.45) is 1.77. The monoisotopic (exact) mass is 308 g/mol. The van der Waals surface area contributed by atoms with E-state index in [1.165, 1.54) is 0 Å². The highest BCUT2D eigenvalue weighted by molar-refractivity contribution is 6.36. The third kappa shape index (κ3) is 2.87. The Morgan fingerprint density at radius 2 is 1.90 bits per heavy atom. The summed E-state index contributed by atoms with van der Waals surface area (Å²) in [6, 6.07) is 7.29. The molecule has 3 rings (SSSR count). The number of nitrogens with zero attached hydrogens (tertiary/aromatic N) is 3. The topological polar surface area (TPSA) is 41.1 Å². The zero-order valence-electron chi connectivity index (χ0n) is 10.8. The summed E-state index contributed by atoms with van der Waals surface area (Å²) in [5.74, 6) is 0.745. The summed E-state index contributed by atoms with van der Waals surface area (Å²) in [5, 5.41) is 4.53. The lowest BCUT2D eigenvalue weighted by molar-refractivity contribution is 0.580. The van der Waals surface area contributed by atoms with E-state index in [0.29, 0.717) is 10.0 Å². The molecular weight excluding hydrogens is 295 g/mol. The lowest BCUT2D eigenvalue weighted by atomic mass is 10.1. The number of benzene rings is 1. The number of aromatic nitrogens is 2. The molecule has 1 saturated heterocycles. The Morgan fingerprint density at radius 3 is 2.65 bits per heavy atom. The maximum absolute atomic E-state index is 6.23. The summed E-state index contributed by atoms with van der Waals surface area (Å²) in [6.45, 7) is 3.74. The molecule has 1 fully saturated rings. The van der Waals surface area contributed by atoms with Crippen molar-refractivity contribution in [1.82, 2.24) is 15.3 Å². The molecule has 2 aromatic rings. The van der Waals surface area contributed by atoms with Crippen LogP contribution in [0.3, 0.4) is 0 Å². The number of halogens is 2. The quantitative estimate of drug-likeness (QED) is 0.926. The van der Waals surface area contributed by atoms with Crippen LogP contribution in [0.15, 0.2) is 30.5 Å². The summed E-state index contributed by atoms with van der Waals surface area (Å²) >= 11 is 12.2. The Labute approximate surface area is 127 Å². The Kier molecular flexibility index (Phi) is 4.05. The predicted octanol–water partition coefficient (Wildman–Crippen LogP) is 2.86. The van der Waals surface area contributed by atoms with Gasteiger partial charge in [0.05, 0.1) is 10.7 Å². The molecule has 0 unspecified atom stereocenters. The van der Waals surface area contributed by atoms with Gasteiger partial charge >= 0.3 is 0 Å². The summed E-state index contributed by atoms with van der Waals surface area (Å²) in [5.41, 5.74) is 1.69. The predicted molar refractivity (Wildman–Crippen MR) is 82.6 cm³/mol. The lowest BCUT2D eigenvalue weighted by Crippen LogP contribution is -2.44. The molecule has 1 aromatic heterocycles. The third-order valence-electron chi connectivity index (χ3n) is 3.25.